The molecule has 35 heavy (non-hydrogen) atoms. The summed E-state index contributed by atoms with van der Waals surface area (Å²) in [6.45, 7) is 6.18. The van der Waals surface area contributed by atoms with Gasteiger partial charge in [-0.15, -0.1) is 0 Å². The Bertz CT molecular complexity index is 1350. The van der Waals surface area contributed by atoms with Crippen LogP contribution in [-0.2, 0) is 4.74 Å². The van der Waals surface area contributed by atoms with Gasteiger partial charge in [-0.05, 0) is 65.9 Å². The van der Waals surface area contributed by atoms with E-state index >= 15 is 0 Å². The van der Waals surface area contributed by atoms with E-state index in [2.05, 4.69) is 50.4 Å². The number of aromatic amines is 1. The molecular weight excluding hydrogens is 460 g/mol. The zero-order chi connectivity index (χ0) is 24.0. The van der Waals surface area contributed by atoms with Crippen molar-refractivity contribution in [2.24, 2.45) is 0 Å². The van der Waals surface area contributed by atoms with E-state index in [1.165, 1.54) is 0 Å². The van der Waals surface area contributed by atoms with Crippen LogP contribution in [0.5, 0.6) is 0 Å². The van der Waals surface area contributed by atoms with E-state index < -0.39 is 0 Å². The molecule has 1 aliphatic heterocycles. The third-order valence-corrected chi connectivity index (χ3v) is 6.75. The molecule has 1 aliphatic rings. The topological polar surface area (TPSA) is 94.3 Å². The Kier molecular flexibility index (Phi) is 7.17. The maximum absolute atomic E-state index is 12.7. The number of aromatic nitrogens is 2. The van der Waals surface area contributed by atoms with Gasteiger partial charge in [-0.1, -0.05) is 19.1 Å². The summed E-state index contributed by atoms with van der Waals surface area (Å²) in [7, 11) is 0. The number of benzene rings is 2. The van der Waals surface area contributed by atoms with Gasteiger partial charge < -0.3 is 25.3 Å². The van der Waals surface area contributed by atoms with Crippen LogP contribution in [-0.4, -0.2) is 42.8 Å². The largest absolute Gasteiger partial charge is 0.378 e. The number of nitrogens with one attached hydrogen (secondary N) is 4. The number of para-hydroxylation sites is 1. The van der Waals surface area contributed by atoms with Crippen LogP contribution in [0.25, 0.3) is 10.8 Å². The van der Waals surface area contributed by atoms with Crippen LogP contribution in [0.15, 0.2) is 76.6 Å². The molecule has 4 N–H and O–H groups in total. The van der Waals surface area contributed by atoms with E-state index in [0.29, 0.717) is 17.0 Å². The molecule has 8 nitrogen and oxygen atoms in total. The third kappa shape index (κ3) is 5.43. The van der Waals surface area contributed by atoms with Crippen molar-refractivity contribution in [3.63, 3.8) is 0 Å². The SMILES string of the molecule is CCNSc1ccccc1Nc1cc2cc[nH]c(=O)c2c(Nc2ccc(N3CCOCC3)cc2)n1. The molecule has 0 bridgehead atoms. The summed E-state index contributed by atoms with van der Waals surface area (Å²) in [5.41, 5.74) is 2.77. The van der Waals surface area contributed by atoms with Crippen LogP contribution < -0.4 is 25.8 Å². The molecule has 4 aromatic rings. The number of morpholine rings is 1. The van der Waals surface area contributed by atoms with Crippen molar-refractivity contribution in [3.8, 4) is 0 Å². The van der Waals surface area contributed by atoms with E-state index in [9.17, 15) is 4.79 Å². The summed E-state index contributed by atoms with van der Waals surface area (Å²) >= 11 is 1.57. The maximum Gasteiger partial charge on any atom is 0.259 e. The minimum absolute atomic E-state index is 0.183. The van der Waals surface area contributed by atoms with Gasteiger partial charge in [0.15, 0.2) is 0 Å². The predicted octanol–water partition coefficient (Wildman–Crippen LogP) is 4.86. The summed E-state index contributed by atoms with van der Waals surface area (Å²) in [4.78, 5) is 23.6. The highest BCUT2D eigenvalue weighted by Gasteiger charge is 2.13. The van der Waals surface area contributed by atoms with Crippen LogP contribution in [0, 0.1) is 0 Å². The fourth-order valence-electron chi connectivity index (χ4n) is 4.03. The Morgan fingerprint density at radius 2 is 1.86 bits per heavy atom. The number of rotatable bonds is 8. The van der Waals surface area contributed by atoms with Crippen LogP contribution in [0.4, 0.5) is 28.7 Å². The molecule has 0 atom stereocenters. The summed E-state index contributed by atoms with van der Waals surface area (Å²) < 4.78 is 8.74. The number of pyridine rings is 2. The van der Waals surface area contributed by atoms with Crippen molar-refractivity contribution in [2.75, 3.05) is 48.4 Å². The van der Waals surface area contributed by atoms with Crippen LogP contribution in [0.2, 0.25) is 0 Å². The van der Waals surface area contributed by atoms with Gasteiger partial charge in [0.05, 0.1) is 24.3 Å². The number of H-pyrrole nitrogens is 1. The quantitative estimate of drug-likeness (QED) is 0.261. The molecule has 1 saturated heterocycles. The lowest BCUT2D eigenvalue weighted by Crippen LogP contribution is -2.36. The van der Waals surface area contributed by atoms with Gasteiger partial charge in [0.1, 0.15) is 11.6 Å². The second-order valence-corrected chi connectivity index (χ2v) is 9.05. The Hall–Kier alpha value is -3.53. The molecule has 3 heterocycles. The third-order valence-electron chi connectivity index (χ3n) is 5.74. The van der Waals surface area contributed by atoms with Crippen molar-refractivity contribution >= 4 is 51.4 Å². The van der Waals surface area contributed by atoms with Gasteiger partial charge in [0.2, 0.25) is 0 Å². The molecule has 2 aromatic carbocycles. The fourth-order valence-corrected chi connectivity index (χ4v) is 4.70. The van der Waals surface area contributed by atoms with E-state index in [4.69, 9.17) is 9.72 Å². The molecule has 9 heteroatoms. The second-order valence-electron chi connectivity index (χ2n) is 8.12. The Morgan fingerprint density at radius 1 is 1.06 bits per heavy atom. The zero-order valence-corrected chi connectivity index (χ0v) is 20.3. The van der Waals surface area contributed by atoms with Crippen molar-refractivity contribution < 1.29 is 4.74 Å². The molecule has 0 saturated carbocycles. The molecule has 5 rings (SSSR count). The minimum Gasteiger partial charge on any atom is -0.378 e. The van der Waals surface area contributed by atoms with Crippen LogP contribution in [0.3, 0.4) is 0 Å². The monoisotopic (exact) mass is 488 g/mol. The van der Waals surface area contributed by atoms with E-state index in [0.717, 1.165) is 60.2 Å². The zero-order valence-electron chi connectivity index (χ0n) is 19.5. The normalized spacial score (nSPS) is 13.7. The van der Waals surface area contributed by atoms with Crippen molar-refractivity contribution in [1.29, 1.82) is 0 Å². The average molecular weight is 489 g/mol. The predicted molar refractivity (Wildman–Crippen MR) is 144 cm³/mol. The minimum atomic E-state index is -0.183. The highest BCUT2D eigenvalue weighted by atomic mass is 32.2. The number of ether oxygens (including phenoxy) is 1. The number of fused-ring (bicyclic) bond motifs is 1. The van der Waals surface area contributed by atoms with E-state index in [-0.39, 0.29) is 5.56 Å². The highest BCUT2D eigenvalue weighted by Crippen LogP contribution is 2.31. The lowest BCUT2D eigenvalue weighted by molar-refractivity contribution is 0.122. The van der Waals surface area contributed by atoms with Crippen LogP contribution >= 0.6 is 11.9 Å². The number of hydrogen-bond acceptors (Lipinski definition) is 8. The molecule has 0 aliphatic carbocycles. The summed E-state index contributed by atoms with van der Waals surface area (Å²) in [5, 5.41) is 8.11. The highest BCUT2D eigenvalue weighted by molar-refractivity contribution is 7.97. The molecule has 0 radical (unpaired) electrons. The molecule has 2 aromatic heterocycles. The molecule has 0 amide bonds. The maximum atomic E-state index is 12.7. The fraction of sp³-hybridized carbons (Fsp3) is 0.231. The number of hydrogen-bond donors (Lipinski definition) is 4. The van der Waals surface area contributed by atoms with E-state index in [1.807, 2.05) is 42.5 Å². The standard InChI is InChI=1S/C26H28N6O2S/c1-2-28-35-22-6-4-3-5-21(22)30-23-17-18-11-12-27-26(33)24(18)25(31-23)29-19-7-9-20(10-8-19)32-13-15-34-16-14-32/h3-12,17,28H,2,13-16H2,1H3,(H,27,33)(H2,29,30,31). The molecule has 180 valence electrons. The van der Waals surface area contributed by atoms with Crippen molar-refractivity contribution in [3.05, 3.63) is 77.2 Å². The lowest BCUT2D eigenvalue weighted by Gasteiger charge is -2.28. The van der Waals surface area contributed by atoms with Crippen LogP contribution in [0.1, 0.15) is 6.92 Å². The summed E-state index contributed by atoms with van der Waals surface area (Å²) in [6.07, 6.45) is 1.66. The first kappa shape index (κ1) is 23.2. The van der Waals surface area contributed by atoms with Gasteiger partial charge in [-0.25, -0.2) is 4.98 Å². The molecular formula is C26H28N6O2S. The first-order chi connectivity index (χ1) is 17.2. The molecule has 1 fully saturated rings. The van der Waals surface area contributed by atoms with E-state index in [1.54, 1.807) is 18.1 Å². The average Bonchev–Trinajstić information content (AvgIpc) is 2.89. The summed E-state index contributed by atoms with van der Waals surface area (Å²) in [5.74, 6) is 1.16. The lowest BCUT2D eigenvalue weighted by atomic mass is 10.2. The smallest absolute Gasteiger partial charge is 0.259 e. The van der Waals surface area contributed by atoms with Gasteiger partial charge in [0.25, 0.3) is 5.56 Å². The molecule has 0 unspecified atom stereocenters. The summed E-state index contributed by atoms with van der Waals surface area (Å²) in [6, 6.07) is 20.0. The Balaban J connectivity index is 1.45. The first-order valence-corrected chi connectivity index (χ1v) is 12.5. The number of nitrogens with zero attached hydrogens (tertiary/aromatic N) is 2. The van der Waals surface area contributed by atoms with Gasteiger partial charge in [-0.2, -0.15) is 0 Å². The van der Waals surface area contributed by atoms with Crippen molar-refractivity contribution in [1.82, 2.24) is 14.7 Å². The van der Waals surface area contributed by atoms with Gasteiger partial charge in [0, 0.05) is 42.1 Å². The Morgan fingerprint density at radius 3 is 2.66 bits per heavy atom. The second kappa shape index (κ2) is 10.8. The molecule has 0 spiro atoms. The van der Waals surface area contributed by atoms with Gasteiger partial charge >= 0.3 is 0 Å². The number of anilines is 5. The van der Waals surface area contributed by atoms with Crippen molar-refractivity contribution in [2.45, 2.75) is 11.8 Å². The van der Waals surface area contributed by atoms with Gasteiger partial charge in [-0.3, -0.25) is 9.52 Å². The Labute approximate surface area is 208 Å². The first-order valence-electron chi connectivity index (χ1n) is 11.7.